The van der Waals surface area contributed by atoms with Crippen LogP contribution in [0.1, 0.15) is 63.1 Å². The highest BCUT2D eigenvalue weighted by molar-refractivity contribution is 5.41. The molecule has 1 saturated carbocycles. The van der Waals surface area contributed by atoms with Gasteiger partial charge in [-0.2, -0.15) is 0 Å². The second-order valence-corrected chi connectivity index (χ2v) is 5.40. The maximum Gasteiger partial charge on any atom is 0.124 e. The first-order valence-corrected chi connectivity index (χ1v) is 7.19. The van der Waals surface area contributed by atoms with Crippen molar-refractivity contribution in [3.63, 3.8) is 0 Å². The van der Waals surface area contributed by atoms with Gasteiger partial charge >= 0.3 is 0 Å². The van der Waals surface area contributed by atoms with Crippen LogP contribution in [0.25, 0.3) is 0 Å². The van der Waals surface area contributed by atoms with Gasteiger partial charge in [-0.25, -0.2) is 0 Å². The third-order valence-electron chi connectivity index (χ3n) is 4.00. The molecule has 18 heavy (non-hydrogen) atoms. The monoisotopic (exact) mass is 247 g/mol. The summed E-state index contributed by atoms with van der Waals surface area (Å²) in [6.07, 6.45) is 3.69. The average Bonchev–Trinajstić information content (AvgIpc) is 3.22. The van der Waals surface area contributed by atoms with Crippen molar-refractivity contribution in [3.05, 3.63) is 29.3 Å². The summed E-state index contributed by atoms with van der Waals surface area (Å²) in [5.74, 6) is 2.23. The van der Waals surface area contributed by atoms with E-state index in [1.165, 1.54) is 24.0 Å². The smallest absolute Gasteiger partial charge is 0.124 e. The standard InChI is InChI=1S/C16H25NO/c1-4-11(3)13-8-9-15(18-5-2)14(10-13)16(17)12-6-7-12/h8-12,16H,4-7,17H2,1-3H3. The van der Waals surface area contributed by atoms with Gasteiger partial charge in [0.2, 0.25) is 0 Å². The van der Waals surface area contributed by atoms with Crippen LogP contribution in [0.2, 0.25) is 0 Å². The summed E-state index contributed by atoms with van der Waals surface area (Å²) in [4.78, 5) is 0. The lowest BCUT2D eigenvalue weighted by Crippen LogP contribution is -2.14. The molecule has 1 aliphatic carbocycles. The van der Waals surface area contributed by atoms with Crippen LogP contribution in [-0.2, 0) is 0 Å². The van der Waals surface area contributed by atoms with Gasteiger partial charge in [-0.3, -0.25) is 0 Å². The summed E-state index contributed by atoms with van der Waals surface area (Å²) >= 11 is 0. The van der Waals surface area contributed by atoms with Crippen molar-refractivity contribution in [3.8, 4) is 5.75 Å². The van der Waals surface area contributed by atoms with E-state index in [0.29, 0.717) is 18.4 Å². The second kappa shape index (κ2) is 5.75. The van der Waals surface area contributed by atoms with Crippen LogP contribution in [0.15, 0.2) is 18.2 Å². The van der Waals surface area contributed by atoms with E-state index in [9.17, 15) is 0 Å². The minimum atomic E-state index is 0.149. The Labute approximate surface area is 111 Å². The lowest BCUT2D eigenvalue weighted by Gasteiger charge is -2.19. The molecule has 1 aromatic rings. The summed E-state index contributed by atoms with van der Waals surface area (Å²) in [5.41, 5.74) is 8.95. The van der Waals surface area contributed by atoms with Crippen molar-refractivity contribution >= 4 is 0 Å². The van der Waals surface area contributed by atoms with Gasteiger partial charge in [0.1, 0.15) is 5.75 Å². The summed E-state index contributed by atoms with van der Waals surface area (Å²) in [5, 5.41) is 0. The van der Waals surface area contributed by atoms with Crippen LogP contribution in [0.4, 0.5) is 0 Å². The lowest BCUT2D eigenvalue weighted by atomic mass is 9.93. The summed E-state index contributed by atoms with van der Waals surface area (Å²) in [6.45, 7) is 7.21. The Morgan fingerprint density at radius 3 is 2.61 bits per heavy atom. The summed E-state index contributed by atoms with van der Waals surface area (Å²) in [7, 11) is 0. The van der Waals surface area contributed by atoms with Crippen molar-refractivity contribution in [1.82, 2.24) is 0 Å². The number of hydrogen-bond acceptors (Lipinski definition) is 2. The molecular weight excluding hydrogens is 222 g/mol. The van der Waals surface area contributed by atoms with E-state index in [2.05, 4.69) is 32.0 Å². The molecule has 2 atom stereocenters. The van der Waals surface area contributed by atoms with Gasteiger partial charge in [-0.15, -0.1) is 0 Å². The molecular formula is C16H25NO. The number of hydrogen-bond donors (Lipinski definition) is 1. The van der Waals surface area contributed by atoms with E-state index in [-0.39, 0.29) is 6.04 Å². The predicted octanol–water partition coefficient (Wildman–Crippen LogP) is 4.01. The van der Waals surface area contributed by atoms with E-state index in [0.717, 1.165) is 12.2 Å². The highest BCUT2D eigenvalue weighted by atomic mass is 16.5. The fourth-order valence-corrected chi connectivity index (χ4v) is 2.37. The van der Waals surface area contributed by atoms with E-state index in [1.807, 2.05) is 6.92 Å². The Bertz CT molecular complexity index is 398. The molecule has 2 rings (SSSR count). The van der Waals surface area contributed by atoms with Crippen molar-refractivity contribution in [2.75, 3.05) is 6.61 Å². The molecule has 1 aromatic carbocycles. The van der Waals surface area contributed by atoms with Gasteiger partial charge in [-0.05, 0) is 49.7 Å². The first kappa shape index (κ1) is 13.4. The highest BCUT2D eigenvalue weighted by Gasteiger charge is 2.31. The molecule has 0 radical (unpaired) electrons. The molecule has 1 aliphatic rings. The van der Waals surface area contributed by atoms with Crippen molar-refractivity contribution < 1.29 is 4.74 Å². The van der Waals surface area contributed by atoms with Crippen molar-refractivity contribution in [2.45, 2.75) is 52.0 Å². The third kappa shape index (κ3) is 2.86. The van der Waals surface area contributed by atoms with E-state index >= 15 is 0 Å². The molecule has 2 heteroatoms. The Hall–Kier alpha value is -1.02. The predicted molar refractivity (Wildman–Crippen MR) is 76.0 cm³/mol. The molecule has 0 heterocycles. The van der Waals surface area contributed by atoms with Crippen LogP contribution < -0.4 is 10.5 Å². The molecule has 2 nitrogen and oxygen atoms in total. The highest BCUT2D eigenvalue weighted by Crippen LogP contribution is 2.42. The zero-order chi connectivity index (χ0) is 13.1. The van der Waals surface area contributed by atoms with Gasteiger partial charge < -0.3 is 10.5 Å². The van der Waals surface area contributed by atoms with Gasteiger partial charge in [0.15, 0.2) is 0 Å². The largest absolute Gasteiger partial charge is 0.494 e. The third-order valence-corrected chi connectivity index (χ3v) is 4.00. The zero-order valence-corrected chi connectivity index (χ0v) is 11.8. The molecule has 2 N–H and O–H groups in total. The Morgan fingerprint density at radius 2 is 2.06 bits per heavy atom. The van der Waals surface area contributed by atoms with E-state index in [1.54, 1.807) is 0 Å². The minimum Gasteiger partial charge on any atom is -0.494 e. The molecule has 0 bridgehead atoms. The maximum atomic E-state index is 6.36. The lowest BCUT2D eigenvalue weighted by molar-refractivity contribution is 0.332. The zero-order valence-electron chi connectivity index (χ0n) is 11.8. The quantitative estimate of drug-likeness (QED) is 0.824. The Morgan fingerprint density at radius 1 is 1.33 bits per heavy atom. The van der Waals surface area contributed by atoms with Crippen molar-refractivity contribution in [2.24, 2.45) is 11.7 Å². The van der Waals surface area contributed by atoms with Gasteiger partial charge in [-0.1, -0.05) is 26.0 Å². The Kier molecular flexibility index (Phi) is 4.28. The molecule has 0 spiro atoms. The molecule has 0 aromatic heterocycles. The SMILES string of the molecule is CCOc1ccc(C(C)CC)cc1C(N)C1CC1. The normalized spacial score (nSPS) is 18.4. The topological polar surface area (TPSA) is 35.2 Å². The molecule has 0 amide bonds. The van der Waals surface area contributed by atoms with Crippen LogP contribution in [0, 0.1) is 5.92 Å². The first-order valence-electron chi connectivity index (χ1n) is 7.19. The maximum absolute atomic E-state index is 6.36. The number of ether oxygens (including phenoxy) is 1. The van der Waals surface area contributed by atoms with E-state index < -0.39 is 0 Å². The van der Waals surface area contributed by atoms with Crippen LogP contribution in [-0.4, -0.2) is 6.61 Å². The van der Waals surface area contributed by atoms with Gasteiger partial charge in [0.25, 0.3) is 0 Å². The van der Waals surface area contributed by atoms with Crippen LogP contribution >= 0.6 is 0 Å². The summed E-state index contributed by atoms with van der Waals surface area (Å²) in [6, 6.07) is 6.70. The first-order chi connectivity index (χ1) is 8.67. The minimum absolute atomic E-state index is 0.149. The fourth-order valence-electron chi connectivity index (χ4n) is 2.37. The molecule has 0 aliphatic heterocycles. The fraction of sp³-hybridized carbons (Fsp3) is 0.625. The molecule has 1 fully saturated rings. The second-order valence-electron chi connectivity index (χ2n) is 5.40. The summed E-state index contributed by atoms with van der Waals surface area (Å²) < 4.78 is 5.72. The van der Waals surface area contributed by atoms with Crippen LogP contribution in [0.3, 0.4) is 0 Å². The van der Waals surface area contributed by atoms with Crippen LogP contribution in [0.5, 0.6) is 5.75 Å². The number of rotatable bonds is 6. The molecule has 0 saturated heterocycles. The van der Waals surface area contributed by atoms with Crippen molar-refractivity contribution in [1.29, 1.82) is 0 Å². The number of benzene rings is 1. The molecule has 2 unspecified atom stereocenters. The van der Waals surface area contributed by atoms with Gasteiger partial charge in [0, 0.05) is 11.6 Å². The molecule has 100 valence electrons. The number of nitrogens with two attached hydrogens (primary N) is 1. The Balaban J connectivity index is 2.30. The van der Waals surface area contributed by atoms with Gasteiger partial charge in [0.05, 0.1) is 6.61 Å². The van der Waals surface area contributed by atoms with E-state index in [4.69, 9.17) is 10.5 Å². The average molecular weight is 247 g/mol.